The average Bonchev–Trinajstić information content (AvgIpc) is 2.89. The second-order valence-electron chi connectivity index (χ2n) is 6.29. The van der Waals surface area contributed by atoms with Crippen LogP contribution in [0.4, 0.5) is 31.1 Å². The van der Waals surface area contributed by atoms with Gasteiger partial charge in [-0.25, -0.2) is 18.8 Å². The van der Waals surface area contributed by atoms with Crippen LogP contribution in [0.15, 0.2) is 23.1 Å². The summed E-state index contributed by atoms with van der Waals surface area (Å²) in [6, 6.07) is 1.73. The minimum atomic E-state index is -4.66. The van der Waals surface area contributed by atoms with Crippen LogP contribution in [0.5, 0.6) is 0 Å². The van der Waals surface area contributed by atoms with Gasteiger partial charge < -0.3 is 9.84 Å². The van der Waals surface area contributed by atoms with Crippen molar-refractivity contribution in [3.63, 3.8) is 0 Å². The molecular formula is C15H12F6N4O4. The van der Waals surface area contributed by atoms with Gasteiger partial charge in [-0.1, -0.05) is 6.07 Å². The quantitative estimate of drug-likeness (QED) is 0.599. The maximum atomic E-state index is 13.1. The Bertz CT molecular complexity index is 963. The molecule has 1 aliphatic heterocycles. The highest BCUT2D eigenvalue weighted by molar-refractivity contribution is 5.56. The number of aromatic nitrogens is 4. The Morgan fingerprint density at radius 2 is 1.93 bits per heavy atom. The second-order valence-corrected chi connectivity index (χ2v) is 6.29. The molecule has 8 nitrogen and oxygen atoms in total. The molecule has 1 N–H and O–H groups in total. The largest absolute Gasteiger partial charge is 0.507 e. The molecule has 29 heavy (non-hydrogen) atoms. The molecule has 0 aromatic carbocycles. The summed E-state index contributed by atoms with van der Waals surface area (Å²) in [5, 5.41) is 12.5. The monoisotopic (exact) mass is 426 g/mol. The molecule has 0 fully saturated rings. The maximum Gasteiger partial charge on any atom is 0.507 e. The molecule has 2 aromatic heterocycles. The van der Waals surface area contributed by atoms with Crippen LogP contribution in [0.25, 0.3) is 0 Å². The zero-order chi connectivity index (χ0) is 21.6. The fourth-order valence-electron chi connectivity index (χ4n) is 2.97. The van der Waals surface area contributed by atoms with Gasteiger partial charge >= 0.3 is 24.2 Å². The highest BCUT2D eigenvalue weighted by Crippen LogP contribution is 2.38. The summed E-state index contributed by atoms with van der Waals surface area (Å²) >= 11 is 0. The Hall–Kier alpha value is -3.06. The highest BCUT2D eigenvalue weighted by Gasteiger charge is 2.46. The topological polar surface area (TPSA) is 99.2 Å². The molecule has 0 bridgehead atoms. The number of carboxylic acid groups (broad SMARTS) is 1. The Balaban J connectivity index is 1.92. The number of carbonyl (C=O) groups is 1. The van der Waals surface area contributed by atoms with Crippen molar-refractivity contribution in [3.8, 4) is 0 Å². The molecule has 1 aliphatic rings. The summed E-state index contributed by atoms with van der Waals surface area (Å²) in [5.41, 5.74) is -1.97. The smallest absolute Gasteiger partial charge is 0.450 e. The second kappa shape index (κ2) is 7.08. The van der Waals surface area contributed by atoms with Crippen LogP contribution < -0.4 is 5.69 Å². The molecule has 2 atom stereocenters. The number of rotatable bonds is 3. The summed E-state index contributed by atoms with van der Waals surface area (Å²) < 4.78 is 82.9. The van der Waals surface area contributed by atoms with Crippen LogP contribution in [0.2, 0.25) is 0 Å². The van der Waals surface area contributed by atoms with Crippen LogP contribution in [0.1, 0.15) is 29.7 Å². The van der Waals surface area contributed by atoms with E-state index in [1.807, 2.05) is 0 Å². The summed E-state index contributed by atoms with van der Waals surface area (Å²) in [6.07, 6.45) is -13.5. The van der Waals surface area contributed by atoms with Crippen molar-refractivity contribution < 1.29 is 41.0 Å². The van der Waals surface area contributed by atoms with Crippen LogP contribution in [0, 0.1) is 5.92 Å². The summed E-state index contributed by atoms with van der Waals surface area (Å²) in [6.45, 7) is -0.375. The van der Waals surface area contributed by atoms with Gasteiger partial charge in [0.2, 0.25) is 0 Å². The van der Waals surface area contributed by atoms with E-state index in [9.17, 15) is 35.9 Å². The highest BCUT2D eigenvalue weighted by atomic mass is 19.4. The SMILES string of the molecule is O=C(O)OC1CC(C(F)(F)F)Cc2nn(Cc3ccc(C(F)(F)F)nc3)c(=O)n21. The zero-order valence-corrected chi connectivity index (χ0v) is 14.2. The molecular weight excluding hydrogens is 414 g/mol. The van der Waals surface area contributed by atoms with Crippen LogP contribution in [-0.4, -0.2) is 36.8 Å². The lowest BCUT2D eigenvalue weighted by Gasteiger charge is -2.29. The number of halogens is 6. The van der Waals surface area contributed by atoms with Crippen molar-refractivity contribution >= 4 is 6.16 Å². The molecule has 0 saturated carbocycles. The Morgan fingerprint density at radius 1 is 1.24 bits per heavy atom. The van der Waals surface area contributed by atoms with E-state index in [2.05, 4.69) is 14.8 Å². The number of fused-ring (bicyclic) bond motifs is 1. The Kier molecular flexibility index (Phi) is 5.04. The molecule has 158 valence electrons. The van der Waals surface area contributed by atoms with Crippen molar-refractivity contribution in [2.75, 3.05) is 0 Å². The van der Waals surface area contributed by atoms with Gasteiger partial charge in [0, 0.05) is 19.0 Å². The summed E-state index contributed by atoms with van der Waals surface area (Å²) in [4.78, 5) is 26.5. The molecule has 14 heteroatoms. The van der Waals surface area contributed by atoms with E-state index in [4.69, 9.17) is 5.11 Å². The van der Waals surface area contributed by atoms with E-state index in [1.165, 1.54) is 0 Å². The number of hydrogen-bond acceptors (Lipinski definition) is 5. The summed E-state index contributed by atoms with van der Waals surface area (Å²) in [7, 11) is 0. The molecule has 2 unspecified atom stereocenters. The van der Waals surface area contributed by atoms with Crippen molar-refractivity contribution in [1.29, 1.82) is 0 Å². The third kappa shape index (κ3) is 4.35. The van der Waals surface area contributed by atoms with Gasteiger partial charge in [-0.2, -0.15) is 31.4 Å². The number of pyridine rings is 1. The van der Waals surface area contributed by atoms with E-state index in [-0.39, 0.29) is 17.9 Å². The molecule has 0 aliphatic carbocycles. The normalized spacial score (nSPS) is 19.7. The molecule has 0 radical (unpaired) electrons. The predicted molar refractivity (Wildman–Crippen MR) is 80.8 cm³/mol. The molecule has 3 rings (SSSR count). The first-order chi connectivity index (χ1) is 13.4. The first-order valence-electron chi connectivity index (χ1n) is 8.03. The van der Waals surface area contributed by atoms with Gasteiger partial charge in [0.1, 0.15) is 11.5 Å². The lowest BCUT2D eigenvalue weighted by atomic mass is 9.96. The number of alkyl halides is 6. The van der Waals surface area contributed by atoms with Gasteiger partial charge in [-0.15, -0.1) is 0 Å². The van der Waals surface area contributed by atoms with E-state index in [0.29, 0.717) is 10.6 Å². The third-order valence-corrected chi connectivity index (χ3v) is 4.29. The van der Waals surface area contributed by atoms with Gasteiger partial charge in [-0.05, 0) is 11.6 Å². The standard InChI is InChI=1S/C15H12F6N4O4/c16-14(17,18)8-3-10-23-24(12(26)25(10)11(4-8)29-13(27)28)6-7-1-2-9(22-5-7)15(19,20)21/h1-2,5,8,11H,3-4,6H2,(H,27,28). The fraction of sp³-hybridized carbons (Fsp3) is 0.467. The maximum absolute atomic E-state index is 13.1. The summed E-state index contributed by atoms with van der Waals surface area (Å²) in [5.74, 6) is -2.31. The van der Waals surface area contributed by atoms with Crippen molar-refractivity contribution in [3.05, 3.63) is 45.9 Å². The lowest BCUT2D eigenvalue weighted by molar-refractivity contribution is -0.191. The van der Waals surface area contributed by atoms with Gasteiger partial charge in [-0.3, -0.25) is 4.98 Å². The van der Waals surface area contributed by atoms with Crippen LogP contribution in [0.3, 0.4) is 0 Å². The first kappa shape index (κ1) is 20.7. The van der Waals surface area contributed by atoms with E-state index < -0.39 is 54.9 Å². The van der Waals surface area contributed by atoms with Gasteiger partial charge in [0.15, 0.2) is 6.23 Å². The number of ether oxygens (including phenoxy) is 1. The average molecular weight is 426 g/mol. The van der Waals surface area contributed by atoms with Crippen molar-refractivity contribution in [2.45, 2.75) is 38.0 Å². The molecule has 0 spiro atoms. The van der Waals surface area contributed by atoms with Crippen LogP contribution >= 0.6 is 0 Å². The molecule has 2 aromatic rings. The minimum Gasteiger partial charge on any atom is -0.450 e. The lowest BCUT2D eigenvalue weighted by Crippen LogP contribution is -2.39. The fourth-order valence-corrected chi connectivity index (χ4v) is 2.97. The predicted octanol–water partition coefficient (Wildman–Crippen LogP) is 2.82. The van der Waals surface area contributed by atoms with Crippen LogP contribution in [-0.2, 0) is 23.9 Å². The van der Waals surface area contributed by atoms with Gasteiger partial charge in [0.25, 0.3) is 0 Å². The van der Waals surface area contributed by atoms with Crippen molar-refractivity contribution in [1.82, 2.24) is 19.3 Å². The third-order valence-electron chi connectivity index (χ3n) is 4.29. The molecule has 3 heterocycles. The minimum absolute atomic E-state index is 0.138. The Labute approximate surface area is 157 Å². The van der Waals surface area contributed by atoms with Gasteiger partial charge in [0.05, 0.1) is 12.5 Å². The number of hydrogen-bond donors (Lipinski definition) is 1. The van der Waals surface area contributed by atoms with Crippen molar-refractivity contribution in [2.24, 2.45) is 5.92 Å². The van der Waals surface area contributed by atoms with E-state index >= 15 is 0 Å². The molecule has 0 saturated heterocycles. The van der Waals surface area contributed by atoms with E-state index in [1.54, 1.807) is 0 Å². The Morgan fingerprint density at radius 3 is 2.45 bits per heavy atom. The number of nitrogens with zero attached hydrogens (tertiary/aromatic N) is 4. The van der Waals surface area contributed by atoms with E-state index in [0.717, 1.165) is 16.9 Å². The molecule has 0 amide bonds. The zero-order valence-electron chi connectivity index (χ0n) is 14.2. The first-order valence-corrected chi connectivity index (χ1v) is 8.03.